The summed E-state index contributed by atoms with van der Waals surface area (Å²) in [7, 11) is -1.01. The van der Waals surface area contributed by atoms with Crippen LogP contribution in [0.25, 0.3) is 0 Å². The first-order valence-electron chi connectivity index (χ1n) is 8.49. The molecule has 0 spiro atoms. The van der Waals surface area contributed by atoms with E-state index in [1.165, 1.54) is 11.1 Å². The molecule has 4 rings (SSSR count). The van der Waals surface area contributed by atoms with Crippen LogP contribution in [0.1, 0.15) is 46.8 Å². The maximum atomic E-state index is 13.2. The Morgan fingerprint density at radius 3 is 2.42 bits per heavy atom. The highest BCUT2D eigenvalue weighted by molar-refractivity contribution is 7.84. The van der Waals surface area contributed by atoms with Gasteiger partial charge in [0.25, 0.3) is 5.91 Å². The van der Waals surface area contributed by atoms with E-state index in [-0.39, 0.29) is 11.9 Å². The Hall–Kier alpha value is -1.94. The molecule has 2 aliphatic rings. The lowest BCUT2D eigenvalue weighted by Crippen LogP contribution is -2.36. The zero-order chi connectivity index (χ0) is 16.7. The predicted octanol–water partition coefficient (Wildman–Crippen LogP) is 3.72. The Morgan fingerprint density at radius 1 is 1.04 bits per heavy atom. The van der Waals surface area contributed by atoms with Crippen LogP contribution < -0.4 is 0 Å². The number of carbonyl (C=O) groups excluding carboxylic acids is 1. The summed E-state index contributed by atoms with van der Waals surface area (Å²) in [6, 6.07) is 16.3. The average molecular weight is 339 g/mol. The molecule has 2 atom stereocenters. The van der Waals surface area contributed by atoms with Crippen LogP contribution in [0, 0.1) is 0 Å². The summed E-state index contributed by atoms with van der Waals surface area (Å²) in [5.74, 6) is 0.104. The molecule has 2 aromatic rings. The predicted molar refractivity (Wildman–Crippen MR) is 95.5 cm³/mol. The highest BCUT2D eigenvalue weighted by Crippen LogP contribution is 2.42. The average Bonchev–Trinajstić information content (AvgIpc) is 3.35. The number of carbonyl (C=O) groups is 1. The van der Waals surface area contributed by atoms with Crippen molar-refractivity contribution in [1.29, 1.82) is 0 Å². The van der Waals surface area contributed by atoms with Gasteiger partial charge in [-0.25, -0.2) is 0 Å². The highest BCUT2D eigenvalue weighted by atomic mass is 32.2. The summed E-state index contributed by atoms with van der Waals surface area (Å²) in [5.41, 5.74) is 3.38. The van der Waals surface area contributed by atoms with Crippen molar-refractivity contribution in [2.45, 2.75) is 42.7 Å². The first-order valence-corrected chi connectivity index (χ1v) is 10.0. The second-order valence-corrected chi connectivity index (χ2v) is 8.06. The highest BCUT2D eigenvalue weighted by Gasteiger charge is 2.40. The lowest BCUT2D eigenvalue weighted by molar-refractivity contribution is 0.0658. The van der Waals surface area contributed by atoms with Gasteiger partial charge in [0.15, 0.2) is 0 Å². The van der Waals surface area contributed by atoms with Gasteiger partial charge in [-0.15, -0.1) is 0 Å². The fraction of sp³-hybridized carbons (Fsp3) is 0.350. The summed E-state index contributed by atoms with van der Waals surface area (Å²) >= 11 is 0. The molecule has 2 aliphatic carbocycles. The van der Waals surface area contributed by atoms with Gasteiger partial charge in [0.1, 0.15) is 0 Å². The van der Waals surface area contributed by atoms with E-state index in [0.29, 0.717) is 11.6 Å². The normalized spacial score (nSPS) is 20.5. The Bertz CT molecular complexity index is 796. The minimum absolute atomic E-state index is 0.104. The molecule has 124 valence electrons. The Labute approximate surface area is 145 Å². The van der Waals surface area contributed by atoms with Gasteiger partial charge < -0.3 is 4.90 Å². The van der Waals surface area contributed by atoms with Gasteiger partial charge >= 0.3 is 0 Å². The molecule has 0 aromatic heterocycles. The molecule has 0 heterocycles. The molecule has 1 saturated carbocycles. The molecule has 0 radical (unpaired) electrons. The quantitative estimate of drug-likeness (QED) is 0.851. The maximum absolute atomic E-state index is 13.2. The first kappa shape index (κ1) is 15.6. The number of aryl methyl sites for hydroxylation is 1. The molecule has 0 saturated heterocycles. The SMILES string of the molecule is C[S@](=O)c1ccc(C(=O)N(C2CC2)[C@H]2CCc3ccccc32)cc1. The summed E-state index contributed by atoms with van der Waals surface area (Å²) in [6.07, 6.45) is 5.91. The molecule has 0 aliphatic heterocycles. The van der Waals surface area contributed by atoms with Crippen LogP contribution >= 0.6 is 0 Å². The fourth-order valence-electron chi connectivity index (χ4n) is 3.68. The minimum atomic E-state index is -1.01. The van der Waals surface area contributed by atoms with Crippen molar-refractivity contribution in [2.24, 2.45) is 0 Å². The molecule has 2 aromatic carbocycles. The molecule has 0 unspecified atom stereocenters. The van der Waals surface area contributed by atoms with E-state index in [1.807, 2.05) is 12.1 Å². The van der Waals surface area contributed by atoms with Crippen LogP contribution in [0.4, 0.5) is 0 Å². The van der Waals surface area contributed by atoms with E-state index in [9.17, 15) is 9.00 Å². The maximum Gasteiger partial charge on any atom is 0.254 e. The van der Waals surface area contributed by atoms with Crippen molar-refractivity contribution in [3.8, 4) is 0 Å². The van der Waals surface area contributed by atoms with Crippen molar-refractivity contribution in [3.05, 3.63) is 65.2 Å². The van der Waals surface area contributed by atoms with E-state index in [4.69, 9.17) is 0 Å². The second-order valence-electron chi connectivity index (χ2n) is 6.68. The van der Waals surface area contributed by atoms with E-state index in [1.54, 1.807) is 18.4 Å². The summed E-state index contributed by atoms with van der Waals surface area (Å²) in [5, 5.41) is 0. The fourth-order valence-corrected chi connectivity index (χ4v) is 4.20. The van der Waals surface area contributed by atoms with Crippen molar-refractivity contribution in [2.75, 3.05) is 6.26 Å². The standard InChI is InChI=1S/C20H21NO2S/c1-24(23)17-11-6-15(7-12-17)20(22)21(16-9-10-16)19-13-8-14-4-2-3-5-18(14)19/h2-7,11-12,16,19H,8-10,13H2,1H3/t19-,24-/m0/s1. The third kappa shape index (κ3) is 2.80. The van der Waals surface area contributed by atoms with Gasteiger partial charge in [0, 0.05) is 33.6 Å². The van der Waals surface area contributed by atoms with Crippen LogP contribution in [-0.2, 0) is 17.2 Å². The Kier molecular flexibility index (Phi) is 4.01. The van der Waals surface area contributed by atoms with E-state index >= 15 is 0 Å². The van der Waals surface area contributed by atoms with Gasteiger partial charge in [-0.3, -0.25) is 9.00 Å². The lowest BCUT2D eigenvalue weighted by Gasteiger charge is -2.30. The van der Waals surface area contributed by atoms with Crippen LogP contribution in [0.3, 0.4) is 0 Å². The Morgan fingerprint density at radius 2 is 1.75 bits per heavy atom. The minimum Gasteiger partial charge on any atom is -0.329 e. The molecule has 0 N–H and O–H groups in total. The summed E-state index contributed by atoms with van der Waals surface area (Å²) in [6.45, 7) is 0. The summed E-state index contributed by atoms with van der Waals surface area (Å²) in [4.78, 5) is 16.0. The van der Waals surface area contributed by atoms with Gasteiger partial charge in [0.2, 0.25) is 0 Å². The van der Waals surface area contributed by atoms with Crippen LogP contribution in [-0.4, -0.2) is 27.3 Å². The summed E-state index contributed by atoms with van der Waals surface area (Å²) < 4.78 is 11.5. The molecule has 24 heavy (non-hydrogen) atoms. The van der Waals surface area contributed by atoms with Gasteiger partial charge in [-0.05, 0) is 61.1 Å². The molecule has 1 fully saturated rings. The largest absolute Gasteiger partial charge is 0.329 e. The van der Waals surface area contributed by atoms with Gasteiger partial charge in [0.05, 0.1) is 6.04 Å². The van der Waals surface area contributed by atoms with E-state index in [2.05, 4.69) is 29.2 Å². The number of hydrogen-bond acceptors (Lipinski definition) is 2. The van der Waals surface area contributed by atoms with Crippen molar-refractivity contribution < 1.29 is 9.00 Å². The van der Waals surface area contributed by atoms with Crippen LogP contribution in [0.15, 0.2) is 53.4 Å². The van der Waals surface area contributed by atoms with Crippen LogP contribution in [0.2, 0.25) is 0 Å². The molecular formula is C20H21NO2S. The van der Waals surface area contributed by atoms with Gasteiger partial charge in [-0.2, -0.15) is 0 Å². The van der Waals surface area contributed by atoms with Crippen LogP contribution in [0.5, 0.6) is 0 Å². The topological polar surface area (TPSA) is 37.4 Å². The smallest absolute Gasteiger partial charge is 0.254 e. The molecule has 4 heteroatoms. The zero-order valence-electron chi connectivity index (χ0n) is 13.8. The third-order valence-corrected chi connectivity index (χ3v) is 5.98. The number of nitrogens with zero attached hydrogens (tertiary/aromatic N) is 1. The lowest BCUT2D eigenvalue weighted by atomic mass is 10.1. The monoisotopic (exact) mass is 339 g/mol. The van der Waals surface area contributed by atoms with Crippen molar-refractivity contribution >= 4 is 16.7 Å². The molecule has 3 nitrogen and oxygen atoms in total. The number of amides is 1. The number of rotatable bonds is 4. The number of fused-ring (bicyclic) bond motifs is 1. The van der Waals surface area contributed by atoms with E-state index < -0.39 is 10.8 Å². The molecular weight excluding hydrogens is 318 g/mol. The number of hydrogen-bond donors (Lipinski definition) is 0. The zero-order valence-corrected chi connectivity index (χ0v) is 14.6. The molecule has 1 amide bonds. The van der Waals surface area contributed by atoms with Crippen molar-refractivity contribution in [1.82, 2.24) is 4.90 Å². The molecule has 0 bridgehead atoms. The first-order chi connectivity index (χ1) is 11.6. The van der Waals surface area contributed by atoms with Gasteiger partial charge in [-0.1, -0.05) is 24.3 Å². The number of benzene rings is 2. The van der Waals surface area contributed by atoms with E-state index in [0.717, 1.165) is 30.6 Å². The Balaban J connectivity index is 1.64. The van der Waals surface area contributed by atoms with Crippen molar-refractivity contribution in [3.63, 3.8) is 0 Å². The second kappa shape index (κ2) is 6.17. The third-order valence-electron chi connectivity index (χ3n) is 5.04.